The van der Waals surface area contributed by atoms with E-state index in [1.165, 1.54) is 0 Å². The molecule has 0 saturated carbocycles. The van der Waals surface area contributed by atoms with Crippen molar-refractivity contribution < 1.29 is 0 Å². The third-order valence-electron chi connectivity index (χ3n) is 6.15. The first-order valence-corrected chi connectivity index (χ1v) is 9.72. The van der Waals surface area contributed by atoms with E-state index in [9.17, 15) is 0 Å². The van der Waals surface area contributed by atoms with Gasteiger partial charge in [0.1, 0.15) is 23.3 Å². The summed E-state index contributed by atoms with van der Waals surface area (Å²) in [5.74, 6) is 3.54. The summed E-state index contributed by atoms with van der Waals surface area (Å²) in [6.07, 6.45) is 8.74. The van der Waals surface area contributed by atoms with Crippen LogP contribution in [0.5, 0.6) is 0 Å². The van der Waals surface area contributed by atoms with Gasteiger partial charge in [-0.25, -0.2) is 4.98 Å². The summed E-state index contributed by atoms with van der Waals surface area (Å²) in [6, 6.07) is 5.90. The lowest BCUT2D eigenvalue weighted by Gasteiger charge is -2.33. The molecule has 8 heteroatoms. The van der Waals surface area contributed by atoms with Crippen LogP contribution < -0.4 is 10.2 Å². The van der Waals surface area contributed by atoms with E-state index in [2.05, 4.69) is 54.0 Å². The number of nitrogens with zero attached hydrogens (tertiary/aromatic N) is 7. The number of hydrogen-bond donors (Lipinski definition) is 1. The number of aromatic nitrogens is 4. The van der Waals surface area contributed by atoms with E-state index in [1.54, 1.807) is 6.20 Å². The summed E-state index contributed by atoms with van der Waals surface area (Å²) in [6.45, 7) is 5.53. The van der Waals surface area contributed by atoms with Crippen LogP contribution in [0.25, 0.3) is 0 Å². The number of nitriles is 1. The number of hydrogen-bond acceptors (Lipinski definition) is 7. The van der Waals surface area contributed by atoms with Gasteiger partial charge in [-0.15, -0.1) is 10.2 Å². The number of anilines is 1. The summed E-state index contributed by atoms with van der Waals surface area (Å²) >= 11 is 0. The molecule has 5 rings (SSSR count). The van der Waals surface area contributed by atoms with Gasteiger partial charge in [0, 0.05) is 31.7 Å². The van der Waals surface area contributed by atoms with Crippen LogP contribution in [0.2, 0.25) is 0 Å². The lowest BCUT2D eigenvalue weighted by Crippen LogP contribution is -2.44. The molecule has 0 amide bonds. The molecular weight excluding hydrogens is 352 g/mol. The molecule has 28 heavy (non-hydrogen) atoms. The Labute approximate surface area is 163 Å². The van der Waals surface area contributed by atoms with Crippen molar-refractivity contribution in [2.75, 3.05) is 31.1 Å². The van der Waals surface area contributed by atoms with Crippen LogP contribution in [0.15, 0.2) is 35.6 Å². The third kappa shape index (κ3) is 2.50. The number of rotatable bonds is 3. The first-order valence-electron chi connectivity index (χ1n) is 9.72. The SMILES string of the molecule is CC[C@@H]1CN(c2ccc(C#N)cn2)C[C@@H]1c1nnc2n1C1(C=CNC1)CN=C2. The van der Waals surface area contributed by atoms with Gasteiger partial charge < -0.3 is 10.2 Å². The molecule has 3 aliphatic rings. The zero-order valence-electron chi connectivity index (χ0n) is 15.8. The second kappa shape index (κ2) is 6.44. The molecular formula is C20H22N8. The van der Waals surface area contributed by atoms with Gasteiger partial charge in [-0.1, -0.05) is 13.3 Å². The molecule has 1 N–H and O–H groups in total. The van der Waals surface area contributed by atoms with Crippen LogP contribution in [0, 0.1) is 17.2 Å². The number of nitrogens with one attached hydrogen (secondary N) is 1. The van der Waals surface area contributed by atoms with Crippen molar-refractivity contribution in [3.63, 3.8) is 0 Å². The monoisotopic (exact) mass is 374 g/mol. The number of fused-ring (bicyclic) bond motifs is 2. The van der Waals surface area contributed by atoms with Crippen molar-refractivity contribution in [2.45, 2.75) is 24.8 Å². The fourth-order valence-electron chi connectivity index (χ4n) is 4.62. The molecule has 0 aromatic carbocycles. The van der Waals surface area contributed by atoms with Crippen molar-refractivity contribution in [3.8, 4) is 6.07 Å². The Morgan fingerprint density at radius 2 is 2.25 bits per heavy atom. The second-order valence-electron chi connectivity index (χ2n) is 7.74. The molecule has 1 saturated heterocycles. The molecule has 3 atom stereocenters. The van der Waals surface area contributed by atoms with Crippen molar-refractivity contribution in [1.29, 1.82) is 5.26 Å². The van der Waals surface area contributed by atoms with E-state index in [-0.39, 0.29) is 11.5 Å². The molecule has 8 nitrogen and oxygen atoms in total. The smallest absolute Gasteiger partial charge is 0.175 e. The third-order valence-corrected chi connectivity index (χ3v) is 6.15. The second-order valence-corrected chi connectivity index (χ2v) is 7.74. The Morgan fingerprint density at radius 1 is 1.32 bits per heavy atom. The molecule has 1 fully saturated rings. The topological polar surface area (TPSA) is 95.0 Å². The van der Waals surface area contributed by atoms with Gasteiger partial charge >= 0.3 is 0 Å². The molecule has 0 radical (unpaired) electrons. The fourth-order valence-corrected chi connectivity index (χ4v) is 4.62. The molecule has 0 aliphatic carbocycles. The molecule has 1 spiro atoms. The average Bonchev–Trinajstić information content (AvgIpc) is 3.46. The Bertz CT molecular complexity index is 983. The Hall–Kier alpha value is -3.21. The molecule has 0 bridgehead atoms. The van der Waals surface area contributed by atoms with Crippen molar-refractivity contribution in [2.24, 2.45) is 10.9 Å². The number of pyridine rings is 1. The Balaban J connectivity index is 1.50. The normalized spacial score (nSPS) is 27.8. The standard InChI is InChI=1S/C20H22N8/c1-2-15-10-27(17-4-3-14(7-21)8-24-17)11-16(15)19-26-25-18-9-23-13-20(28(18)19)5-6-22-12-20/h3-6,8-9,15-16,22H,2,10-13H2,1H3/t15-,16+,20?/m1/s1. The zero-order valence-corrected chi connectivity index (χ0v) is 15.8. The summed E-state index contributed by atoms with van der Waals surface area (Å²) < 4.78 is 2.29. The predicted molar refractivity (Wildman–Crippen MR) is 105 cm³/mol. The summed E-state index contributed by atoms with van der Waals surface area (Å²) in [7, 11) is 0. The highest BCUT2D eigenvalue weighted by Gasteiger charge is 2.43. The first kappa shape index (κ1) is 16.9. The summed E-state index contributed by atoms with van der Waals surface area (Å²) in [5, 5.41) is 21.4. The van der Waals surface area contributed by atoms with Gasteiger partial charge in [-0.2, -0.15) is 5.26 Å². The highest BCUT2D eigenvalue weighted by Crippen LogP contribution is 2.39. The van der Waals surface area contributed by atoms with E-state index in [0.717, 1.165) is 43.5 Å². The molecule has 5 heterocycles. The van der Waals surface area contributed by atoms with Gasteiger partial charge in [-0.3, -0.25) is 9.56 Å². The van der Waals surface area contributed by atoms with Gasteiger partial charge in [0.25, 0.3) is 0 Å². The maximum Gasteiger partial charge on any atom is 0.175 e. The van der Waals surface area contributed by atoms with Crippen molar-refractivity contribution >= 4 is 12.0 Å². The first-order chi connectivity index (χ1) is 13.7. The van der Waals surface area contributed by atoms with Crippen LogP contribution in [-0.2, 0) is 5.54 Å². The van der Waals surface area contributed by atoms with Crippen molar-refractivity contribution in [1.82, 2.24) is 25.1 Å². The van der Waals surface area contributed by atoms with Gasteiger partial charge in [0.2, 0.25) is 0 Å². The maximum absolute atomic E-state index is 9.01. The Kier molecular flexibility index (Phi) is 3.90. The lowest BCUT2D eigenvalue weighted by atomic mass is 9.91. The van der Waals surface area contributed by atoms with Crippen LogP contribution in [0.3, 0.4) is 0 Å². The van der Waals surface area contributed by atoms with Gasteiger partial charge in [0.05, 0.1) is 18.3 Å². The average molecular weight is 374 g/mol. The highest BCUT2D eigenvalue weighted by atomic mass is 15.3. The molecule has 2 aromatic rings. The van der Waals surface area contributed by atoms with E-state index in [0.29, 0.717) is 18.0 Å². The molecule has 3 aliphatic heterocycles. The lowest BCUT2D eigenvalue weighted by molar-refractivity contribution is 0.352. The molecule has 1 unspecified atom stereocenters. The minimum atomic E-state index is -0.207. The molecule has 142 valence electrons. The zero-order chi connectivity index (χ0) is 19.1. The molecule has 2 aromatic heterocycles. The fraction of sp³-hybridized carbons (Fsp3) is 0.450. The minimum absolute atomic E-state index is 0.207. The van der Waals surface area contributed by atoms with E-state index in [4.69, 9.17) is 5.26 Å². The summed E-state index contributed by atoms with van der Waals surface area (Å²) in [5.41, 5.74) is 0.376. The quantitative estimate of drug-likeness (QED) is 0.873. The number of aliphatic imine (C=N–C) groups is 1. The maximum atomic E-state index is 9.01. The van der Waals surface area contributed by atoms with Crippen LogP contribution in [-0.4, -0.2) is 52.1 Å². The minimum Gasteiger partial charge on any atom is -0.388 e. The van der Waals surface area contributed by atoms with Gasteiger partial charge in [0.15, 0.2) is 5.82 Å². The Morgan fingerprint density at radius 3 is 2.96 bits per heavy atom. The van der Waals surface area contributed by atoms with Gasteiger partial charge in [-0.05, 0) is 30.3 Å². The van der Waals surface area contributed by atoms with Crippen molar-refractivity contribution in [3.05, 3.63) is 47.8 Å². The van der Waals surface area contributed by atoms with Crippen LogP contribution in [0.4, 0.5) is 5.82 Å². The largest absolute Gasteiger partial charge is 0.388 e. The summed E-state index contributed by atoms with van der Waals surface area (Å²) in [4.78, 5) is 11.3. The van der Waals surface area contributed by atoms with Crippen LogP contribution in [0.1, 0.15) is 36.5 Å². The van der Waals surface area contributed by atoms with E-state index >= 15 is 0 Å². The van der Waals surface area contributed by atoms with E-state index < -0.39 is 0 Å². The predicted octanol–water partition coefficient (Wildman–Crippen LogP) is 1.42. The van der Waals surface area contributed by atoms with Crippen LogP contribution >= 0.6 is 0 Å². The van der Waals surface area contributed by atoms with E-state index in [1.807, 2.05) is 24.5 Å². The highest BCUT2D eigenvalue weighted by molar-refractivity contribution is 5.76.